The number of ether oxygens (including phenoxy) is 1. The van der Waals surface area contributed by atoms with Crippen molar-refractivity contribution >= 4 is 28.4 Å². The topological polar surface area (TPSA) is 75.7 Å². The van der Waals surface area contributed by atoms with E-state index in [0.29, 0.717) is 19.0 Å². The molecule has 1 aromatic rings. The van der Waals surface area contributed by atoms with Crippen molar-refractivity contribution in [1.29, 1.82) is 0 Å². The van der Waals surface area contributed by atoms with Crippen LogP contribution in [-0.2, 0) is 14.8 Å². The van der Waals surface area contributed by atoms with Gasteiger partial charge in [-0.05, 0) is 50.6 Å². The first-order valence-corrected chi connectivity index (χ1v) is 8.76. The molecule has 1 aromatic carbocycles. The summed E-state index contributed by atoms with van der Waals surface area (Å²) in [5.41, 5.74) is 0.243. The van der Waals surface area contributed by atoms with Gasteiger partial charge in [0.2, 0.25) is 10.0 Å². The molecule has 1 unspecified atom stereocenters. The van der Waals surface area contributed by atoms with Gasteiger partial charge in [0.1, 0.15) is 0 Å². The number of sulfonamides is 1. The number of carbonyl (C=O) groups excluding carboxylic acids is 1. The van der Waals surface area contributed by atoms with Crippen molar-refractivity contribution in [2.75, 3.05) is 33.8 Å². The van der Waals surface area contributed by atoms with Gasteiger partial charge in [-0.1, -0.05) is 6.07 Å². The van der Waals surface area contributed by atoms with Crippen LogP contribution in [-0.4, -0.2) is 52.5 Å². The van der Waals surface area contributed by atoms with Crippen molar-refractivity contribution < 1.29 is 17.9 Å². The Morgan fingerprint density at radius 1 is 1.43 bits per heavy atom. The Hall–Kier alpha value is -1.15. The van der Waals surface area contributed by atoms with Gasteiger partial charge in [-0.25, -0.2) is 13.2 Å². The minimum absolute atomic E-state index is 0. The van der Waals surface area contributed by atoms with Gasteiger partial charge >= 0.3 is 5.97 Å². The number of halogens is 1. The van der Waals surface area contributed by atoms with Crippen LogP contribution < -0.4 is 5.32 Å². The third kappa shape index (κ3) is 4.67. The summed E-state index contributed by atoms with van der Waals surface area (Å²) >= 11 is 0. The van der Waals surface area contributed by atoms with E-state index in [-0.39, 0.29) is 22.9 Å². The number of piperidine rings is 1. The highest BCUT2D eigenvalue weighted by Gasteiger charge is 2.30. The van der Waals surface area contributed by atoms with E-state index in [4.69, 9.17) is 0 Å². The number of rotatable bonds is 5. The summed E-state index contributed by atoms with van der Waals surface area (Å²) in [5.74, 6) is -0.221. The van der Waals surface area contributed by atoms with Crippen LogP contribution in [0, 0.1) is 5.92 Å². The first-order valence-electron chi connectivity index (χ1n) is 7.32. The zero-order valence-electron chi connectivity index (χ0n) is 13.3. The van der Waals surface area contributed by atoms with E-state index in [2.05, 4.69) is 10.1 Å². The largest absolute Gasteiger partial charge is 0.465 e. The second-order valence-electron chi connectivity index (χ2n) is 5.45. The van der Waals surface area contributed by atoms with E-state index >= 15 is 0 Å². The summed E-state index contributed by atoms with van der Waals surface area (Å²) in [6.45, 7) is 1.82. The Bertz CT molecular complexity index is 634. The fourth-order valence-corrected chi connectivity index (χ4v) is 4.35. The standard InChI is InChI=1S/C15H22N2O4S.ClH/c1-16-10-12-5-4-8-17(11-12)22(19,20)14-7-3-6-13(9-14)15(18)21-2;/h3,6-7,9,12,16H,4-5,8,10-11H2,1-2H3;1H. The SMILES string of the molecule is CNCC1CCCN(S(=O)(=O)c2cccc(C(=O)OC)c2)C1.Cl. The van der Waals surface area contributed by atoms with Gasteiger partial charge in [-0.15, -0.1) is 12.4 Å². The van der Waals surface area contributed by atoms with Crippen molar-refractivity contribution in [2.45, 2.75) is 17.7 Å². The molecule has 1 fully saturated rings. The Morgan fingerprint density at radius 3 is 2.83 bits per heavy atom. The van der Waals surface area contributed by atoms with Crippen LogP contribution in [0.4, 0.5) is 0 Å². The summed E-state index contributed by atoms with van der Waals surface area (Å²) in [6, 6.07) is 6.01. The van der Waals surface area contributed by atoms with Crippen molar-refractivity contribution in [3.05, 3.63) is 29.8 Å². The van der Waals surface area contributed by atoms with Crippen LogP contribution in [0.1, 0.15) is 23.2 Å². The zero-order chi connectivity index (χ0) is 16.2. The number of benzene rings is 1. The quantitative estimate of drug-likeness (QED) is 0.804. The van der Waals surface area contributed by atoms with Crippen molar-refractivity contribution in [2.24, 2.45) is 5.92 Å². The van der Waals surface area contributed by atoms with Gasteiger partial charge in [0.15, 0.2) is 0 Å². The maximum absolute atomic E-state index is 12.8. The smallest absolute Gasteiger partial charge is 0.337 e. The monoisotopic (exact) mass is 362 g/mol. The average Bonchev–Trinajstić information content (AvgIpc) is 2.55. The van der Waals surface area contributed by atoms with E-state index in [1.807, 2.05) is 7.05 Å². The average molecular weight is 363 g/mol. The van der Waals surface area contributed by atoms with Crippen LogP contribution in [0.3, 0.4) is 0 Å². The van der Waals surface area contributed by atoms with Crippen molar-refractivity contribution in [3.8, 4) is 0 Å². The van der Waals surface area contributed by atoms with E-state index in [9.17, 15) is 13.2 Å². The molecule has 0 spiro atoms. The number of nitrogens with zero attached hydrogens (tertiary/aromatic N) is 1. The summed E-state index contributed by atoms with van der Waals surface area (Å²) < 4.78 is 31.7. The predicted molar refractivity (Wildman–Crippen MR) is 90.4 cm³/mol. The number of hydrogen-bond acceptors (Lipinski definition) is 5. The molecule has 1 heterocycles. The molecular formula is C15H23ClN2O4S. The summed E-state index contributed by atoms with van der Waals surface area (Å²) in [5, 5.41) is 3.10. The number of methoxy groups -OCH3 is 1. The Labute approximate surface area is 143 Å². The molecule has 0 amide bonds. The van der Waals surface area contributed by atoms with Gasteiger partial charge in [0.05, 0.1) is 17.6 Å². The molecule has 1 N–H and O–H groups in total. The van der Waals surface area contributed by atoms with Gasteiger partial charge in [0.25, 0.3) is 0 Å². The summed E-state index contributed by atoms with van der Waals surface area (Å²) in [4.78, 5) is 11.7. The summed E-state index contributed by atoms with van der Waals surface area (Å²) in [6.07, 6.45) is 1.87. The van der Waals surface area contributed by atoms with Crippen LogP contribution in [0.2, 0.25) is 0 Å². The molecule has 0 aliphatic carbocycles. The summed E-state index contributed by atoms with van der Waals surface area (Å²) in [7, 11) is -0.437. The molecule has 6 nitrogen and oxygen atoms in total. The van der Waals surface area contributed by atoms with Gasteiger partial charge < -0.3 is 10.1 Å². The maximum Gasteiger partial charge on any atom is 0.337 e. The number of hydrogen-bond donors (Lipinski definition) is 1. The molecular weight excluding hydrogens is 340 g/mol. The van der Waals surface area contributed by atoms with Crippen LogP contribution in [0.25, 0.3) is 0 Å². The predicted octanol–water partition coefficient (Wildman–Crippen LogP) is 1.52. The molecule has 1 aliphatic heterocycles. The maximum atomic E-state index is 12.8. The van der Waals surface area contributed by atoms with Crippen LogP contribution in [0.15, 0.2) is 29.2 Å². The molecule has 130 valence electrons. The first kappa shape index (κ1) is 19.9. The Morgan fingerprint density at radius 2 is 2.17 bits per heavy atom. The lowest BCUT2D eigenvalue weighted by molar-refractivity contribution is 0.0600. The van der Waals surface area contributed by atoms with E-state index in [1.165, 1.54) is 23.5 Å². The van der Waals surface area contributed by atoms with Crippen LogP contribution in [0.5, 0.6) is 0 Å². The lowest BCUT2D eigenvalue weighted by Crippen LogP contribution is -2.42. The molecule has 1 saturated heterocycles. The number of carbonyl (C=O) groups is 1. The molecule has 0 radical (unpaired) electrons. The van der Waals surface area contributed by atoms with E-state index in [0.717, 1.165) is 19.4 Å². The highest BCUT2D eigenvalue weighted by Crippen LogP contribution is 2.24. The van der Waals surface area contributed by atoms with E-state index in [1.54, 1.807) is 12.1 Å². The lowest BCUT2D eigenvalue weighted by Gasteiger charge is -2.31. The molecule has 1 aliphatic rings. The molecule has 8 heteroatoms. The first-order chi connectivity index (χ1) is 10.5. The molecule has 23 heavy (non-hydrogen) atoms. The highest BCUT2D eigenvalue weighted by atomic mass is 35.5. The number of esters is 1. The lowest BCUT2D eigenvalue weighted by atomic mass is 10.00. The Kier molecular flexibility index (Phi) is 7.47. The van der Waals surface area contributed by atoms with Crippen molar-refractivity contribution in [1.82, 2.24) is 9.62 Å². The Balaban J connectivity index is 0.00000264. The van der Waals surface area contributed by atoms with Crippen molar-refractivity contribution in [3.63, 3.8) is 0 Å². The normalized spacial score (nSPS) is 19.0. The van der Waals surface area contributed by atoms with E-state index < -0.39 is 16.0 Å². The zero-order valence-corrected chi connectivity index (χ0v) is 15.0. The third-order valence-corrected chi connectivity index (χ3v) is 5.73. The second kappa shape index (κ2) is 8.63. The molecule has 0 bridgehead atoms. The molecule has 2 rings (SSSR count). The van der Waals surface area contributed by atoms with Gasteiger partial charge in [0, 0.05) is 13.1 Å². The van der Waals surface area contributed by atoms with Crippen LogP contribution >= 0.6 is 12.4 Å². The molecule has 1 atom stereocenters. The second-order valence-corrected chi connectivity index (χ2v) is 7.39. The minimum atomic E-state index is -3.58. The fraction of sp³-hybridized carbons (Fsp3) is 0.533. The highest BCUT2D eigenvalue weighted by molar-refractivity contribution is 7.89. The molecule has 0 saturated carbocycles. The van der Waals surface area contributed by atoms with Gasteiger partial charge in [-0.2, -0.15) is 4.31 Å². The minimum Gasteiger partial charge on any atom is -0.465 e. The fourth-order valence-electron chi connectivity index (χ4n) is 2.75. The van der Waals surface area contributed by atoms with Gasteiger partial charge in [-0.3, -0.25) is 0 Å². The number of nitrogens with one attached hydrogen (secondary N) is 1. The molecule has 0 aromatic heterocycles. The third-order valence-electron chi connectivity index (χ3n) is 3.87.